The van der Waals surface area contributed by atoms with Gasteiger partial charge in [0.05, 0.1) is 23.1 Å². The highest BCUT2D eigenvalue weighted by molar-refractivity contribution is 5.80. The van der Waals surface area contributed by atoms with Crippen molar-refractivity contribution in [3.8, 4) is 22.6 Å². The van der Waals surface area contributed by atoms with Crippen molar-refractivity contribution in [3.05, 3.63) is 102 Å². The van der Waals surface area contributed by atoms with Crippen LogP contribution < -0.4 is 5.32 Å². The molecular formula is C27H24FN5. The quantitative estimate of drug-likeness (QED) is 0.337. The summed E-state index contributed by atoms with van der Waals surface area (Å²) in [4.78, 5) is 14.2. The van der Waals surface area contributed by atoms with Crippen molar-refractivity contribution in [1.29, 1.82) is 0 Å². The summed E-state index contributed by atoms with van der Waals surface area (Å²) in [6.07, 6.45) is 4.69. The highest BCUT2D eigenvalue weighted by Gasteiger charge is 2.18. The maximum Gasteiger partial charge on any atom is 0.223 e. The predicted octanol–water partition coefficient (Wildman–Crippen LogP) is 6.33. The molecule has 6 heteroatoms. The molecule has 2 aromatic carbocycles. The van der Waals surface area contributed by atoms with Crippen LogP contribution >= 0.6 is 0 Å². The number of halogens is 1. The smallest absolute Gasteiger partial charge is 0.223 e. The first-order chi connectivity index (χ1) is 16.1. The number of aryl methyl sites for hydroxylation is 1. The van der Waals surface area contributed by atoms with Crippen molar-refractivity contribution in [2.75, 3.05) is 5.32 Å². The second kappa shape index (κ2) is 8.82. The topological polar surface area (TPSA) is 55.1 Å². The van der Waals surface area contributed by atoms with Gasteiger partial charge in [-0.25, -0.2) is 19.3 Å². The summed E-state index contributed by atoms with van der Waals surface area (Å²) >= 11 is 0. The van der Waals surface area contributed by atoms with Gasteiger partial charge in [0.15, 0.2) is 0 Å². The van der Waals surface area contributed by atoms with Gasteiger partial charge in [-0.2, -0.15) is 0 Å². The molecule has 0 fully saturated rings. The van der Waals surface area contributed by atoms with Crippen LogP contribution in [0.2, 0.25) is 0 Å². The Hall–Kier alpha value is -4.06. The van der Waals surface area contributed by atoms with Gasteiger partial charge in [0.25, 0.3) is 0 Å². The number of hydrogen-bond acceptors (Lipinski definition) is 4. The molecule has 0 bridgehead atoms. The summed E-state index contributed by atoms with van der Waals surface area (Å²) in [5, 5.41) is 3.39. The van der Waals surface area contributed by atoms with Crippen LogP contribution in [0, 0.1) is 5.82 Å². The van der Waals surface area contributed by atoms with Crippen LogP contribution in [0.3, 0.4) is 0 Å². The van der Waals surface area contributed by atoms with Gasteiger partial charge in [-0.05, 0) is 66.9 Å². The Labute approximate surface area is 192 Å². The molecule has 5 nitrogen and oxygen atoms in total. The minimum atomic E-state index is -0.277. The number of aromatic nitrogens is 4. The van der Waals surface area contributed by atoms with Crippen molar-refractivity contribution in [1.82, 2.24) is 19.4 Å². The fraction of sp³-hybridized carbons (Fsp3) is 0.148. The molecule has 0 saturated carbocycles. The molecule has 0 amide bonds. The van der Waals surface area contributed by atoms with Crippen LogP contribution in [0.15, 0.2) is 85.2 Å². The van der Waals surface area contributed by atoms with E-state index in [4.69, 9.17) is 9.97 Å². The molecule has 1 atom stereocenters. The number of hydrogen-bond donors (Lipinski definition) is 1. The predicted molar refractivity (Wildman–Crippen MR) is 129 cm³/mol. The maximum atomic E-state index is 13.6. The van der Waals surface area contributed by atoms with E-state index in [-0.39, 0.29) is 11.9 Å². The zero-order valence-electron chi connectivity index (χ0n) is 18.5. The van der Waals surface area contributed by atoms with Gasteiger partial charge >= 0.3 is 0 Å². The number of rotatable bonds is 6. The summed E-state index contributed by atoms with van der Waals surface area (Å²) < 4.78 is 15.6. The van der Waals surface area contributed by atoms with Gasteiger partial charge in [-0.1, -0.05) is 37.3 Å². The fourth-order valence-electron chi connectivity index (χ4n) is 3.94. The number of nitrogens with one attached hydrogen (secondary N) is 1. The summed E-state index contributed by atoms with van der Waals surface area (Å²) in [6.45, 7) is 4.20. The molecule has 0 aliphatic carbocycles. The van der Waals surface area contributed by atoms with Gasteiger partial charge in [-0.3, -0.25) is 4.40 Å². The molecule has 0 saturated heterocycles. The molecule has 0 radical (unpaired) electrons. The second-order valence-corrected chi connectivity index (χ2v) is 7.97. The van der Waals surface area contributed by atoms with Crippen molar-refractivity contribution in [2.24, 2.45) is 0 Å². The molecule has 33 heavy (non-hydrogen) atoms. The lowest BCUT2D eigenvalue weighted by atomic mass is 10.1. The molecular weight excluding hydrogens is 413 g/mol. The van der Waals surface area contributed by atoms with Crippen LogP contribution in [-0.4, -0.2) is 19.4 Å². The lowest BCUT2D eigenvalue weighted by Gasteiger charge is -2.15. The summed E-state index contributed by atoms with van der Waals surface area (Å²) in [6, 6.07) is 22.7. The zero-order chi connectivity index (χ0) is 22.8. The number of benzene rings is 2. The van der Waals surface area contributed by atoms with Gasteiger partial charge < -0.3 is 5.32 Å². The minimum Gasteiger partial charge on any atom is -0.348 e. The average Bonchev–Trinajstić information content (AvgIpc) is 3.24. The van der Waals surface area contributed by atoms with Crippen LogP contribution in [0.25, 0.3) is 28.3 Å². The molecule has 3 heterocycles. The number of fused-ring (bicyclic) bond motifs is 1. The van der Waals surface area contributed by atoms with Gasteiger partial charge in [0, 0.05) is 18.0 Å². The highest BCUT2D eigenvalue weighted by atomic mass is 19.1. The van der Waals surface area contributed by atoms with E-state index in [2.05, 4.69) is 48.4 Å². The van der Waals surface area contributed by atoms with E-state index in [9.17, 15) is 4.39 Å². The van der Waals surface area contributed by atoms with Crippen molar-refractivity contribution >= 4 is 11.6 Å². The third-order valence-corrected chi connectivity index (χ3v) is 5.76. The van der Waals surface area contributed by atoms with Crippen molar-refractivity contribution in [2.45, 2.75) is 26.3 Å². The van der Waals surface area contributed by atoms with E-state index in [1.165, 1.54) is 17.7 Å². The lowest BCUT2D eigenvalue weighted by molar-refractivity contribution is 0.628. The molecule has 164 valence electrons. The summed E-state index contributed by atoms with van der Waals surface area (Å²) in [5.41, 5.74) is 6.35. The first-order valence-electron chi connectivity index (χ1n) is 11.0. The Morgan fingerprint density at radius 2 is 1.76 bits per heavy atom. The third kappa shape index (κ3) is 4.20. The van der Waals surface area contributed by atoms with Crippen LogP contribution in [-0.2, 0) is 6.42 Å². The molecule has 3 aromatic heterocycles. The van der Waals surface area contributed by atoms with E-state index >= 15 is 0 Å². The molecule has 5 aromatic rings. The number of anilines is 1. The van der Waals surface area contributed by atoms with E-state index in [1.54, 1.807) is 18.3 Å². The average molecular weight is 438 g/mol. The molecule has 0 unspecified atom stereocenters. The van der Waals surface area contributed by atoms with Gasteiger partial charge in [0.1, 0.15) is 11.5 Å². The second-order valence-electron chi connectivity index (χ2n) is 7.97. The normalized spacial score (nSPS) is 12.1. The number of nitrogens with zero attached hydrogens (tertiary/aromatic N) is 4. The first-order valence-corrected chi connectivity index (χ1v) is 11.0. The standard InChI is InChI=1S/C27H24FN5/c1-3-19-14-16-33-24(17-19)32-25(21-9-11-22(28)12-10-21)26(33)23-13-15-29-27(31-23)30-18(2)20-7-5-4-6-8-20/h4-18H,3H2,1-2H3,(H,29,30,31)/t18-/m0/s1. The van der Waals surface area contributed by atoms with E-state index in [0.29, 0.717) is 5.95 Å². The SMILES string of the molecule is CCc1ccn2c(-c3ccnc(N[C@@H](C)c4ccccc4)n3)c(-c3ccc(F)cc3)nc2c1. The number of pyridine rings is 1. The van der Waals surface area contributed by atoms with E-state index in [1.807, 2.05) is 34.9 Å². The fourth-order valence-corrected chi connectivity index (χ4v) is 3.94. The Bertz CT molecular complexity index is 1390. The Balaban J connectivity index is 1.61. The molecule has 0 aliphatic rings. The Morgan fingerprint density at radius 3 is 2.52 bits per heavy atom. The van der Waals surface area contributed by atoms with E-state index < -0.39 is 0 Å². The van der Waals surface area contributed by atoms with Crippen LogP contribution in [0.1, 0.15) is 31.0 Å². The molecule has 0 aliphatic heterocycles. The van der Waals surface area contributed by atoms with Gasteiger partial charge in [-0.15, -0.1) is 0 Å². The van der Waals surface area contributed by atoms with Crippen molar-refractivity contribution < 1.29 is 4.39 Å². The summed E-state index contributed by atoms with van der Waals surface area (Å²) in [7, 11) is 0. The highest BCUT2D eigenvalue weighted by Crippen LogP contribution is 2.33. The van der Waals surface area contributed by atoms with Crippen LogP contribution in [0.4, 0.5) is 10.3 Å². The minimum absolute atomic E-state index is 0.0484. The molecule has 0 spiro atoms. The monoisotopic (exact) mass is 437 g/mol. The Kier molecular flexibility index (Phi) is 5.57. The zero-order valence-corrected chi connectivity index (χ0v) is 18.5. The van der Waals surface area contributed by atoms with Crippen molar-refractivity contribution in [3.63, 3.8) is 0 Å². The van der Waals surface area contributed by atoms with Gasteiger partial charge in [0.2, 0.25) is 5.95 Å². The summed E-state index contributed by atoms with van der Waals surface area (Å²) in [5.74, 6) is 0.259. The largest absolute Gasteiger partial charge is 0.348 e. The first kappa shape index (κ1) is 20.8. The van der Waals surface area contributed by atoms with Crippen LogP contribution in [0.5, 0.6) is 0 Å². The number of imidazole rings is 1. The lowest BCUT2D eigenvalue weighted by Crippen LogP contribution is -2.09. The Morgan fingerprint density at radius 1 is 0.970 bits per heavy atom. The third-order valence-electron chi connectivity index (χ3n) is 5.76. The maximum absolute atomic E-state index is 13.6. The molecule has 1 N–H and O–H groups in total. The van der Waals surface area contributed by atoms with E-state index in [0.717, 1.165) is 40.3 Å². The molecule has 5 rings (SSSR count).